The zero-order valence-corrected chi connectivity index (χ0v) is 17.5. The number of nitrogens with one attached hydrogen (secondary N) is 2. The summed E-state index contributed by atoms with van der Waals surface area (Å²) < 4.78 is 27.6. The van der Waals surface area contributed by atoms with Crippen molar-refractivity contribution < 1.29 is 23.2 Å². The van der Waals surface area contributed by atoms with E-state index in [4.69, 9.17) is 5.26 Å². The molecule has 0 bridgehead atoms. The van der Waals surface area contributed by atoms with Gasteiger partial charge in [0.05, 0.1) is 38.9 Å². The molecule has 0 spiro atoms. The van der Waals surface area contributed by atoms with Gasteiger partial charge in [0.25, 0.3) is 15.7 Å². The number of carbonyl (C=O) groups is 1. The van der Waals surface area contributed by atoms with Crippen LogP contribution in [0.4, 0.5) is 17.1 Å². The molecule has 0 fully saturated rings. The third kappa shape index (κ3) is 5.49. The highest BCUT2D eigenvalue weighted by molar-refractivity contribution is 7.92. The average molecular weight is 465 g/mol. The van der Waals surface area contributed by atoms with Crippen molar-refractivity contribution in [3.63, 3.8) is 0 Å². The highest BCUT2D eigenvalue weighted by Gasteiger charge is 2.23. The zero-order chi connectivity index (χ0) is 24.0. The van der Waals surface area contributed by atoms with Crippen molar-refractivity contribution >= 4 is 39.3 Å². The second-order valence-electron chi connectivity index (χ2n) is 6.50. The summed E-state index contributed by atoms with van der Waals surface area (Å²) in [7, 11) is -4.32. The van der Waals surface area contributed by atoms with Gasteiger partial charge in [-0.3, -0.25) is 20.3 Å². The third-order valence-corrected chi connectivity index (χ3v) is 5.68. The van der Waals surface area contributed by atoms with Gasteiger partial charge < -0.3 is 5.11 Å². The van der Waals surface area contributed by atoms with Crippen LogP contribution in [0.2, 0.25) is 0 Å². The fourth-order valence-corrected chi connectivity index (χ4v) is 3.81. The maximum absolute atomic E-state index is 12.7. The van der Waals surface area contributed by atoms with Crippen LogP contribution in [0.5, 0.6) is 0 Å². The van der Waals surface area contributed by atoms with Crippen LogP contribution >= 0.6 is 0 Å². The zero-order valence-electron chi connectivity index (χ0n) is 16.7. The fraction of sp³-hybridized carbons (Fsp3) is 0. The molecule has 0 atom stereocenters. The molecule has 0 aliphatic rings. The molecule has 3 aromatic carbocycles. The average Bonchev–Trinajstić information content (AvgIpc) is 2.79. The number of carboxylic acid groups (broad SMARTS) is 1. The van der Waals surface area contributed by atoms with E-state index in [-0.39, 0.29) is 16.9 Å². The second-order valence-corrected chi connectivity index (χ2v) is 8.18. The lowest BCUT2D eigenvalue weighted by Gasteiger charge is -2.11. The third-order valence-electron chi connectivity index (χ3n) is 4.32. The largest absolute Gasteiger partial charge is 0.478 e. The Balaban J connectivity index is 1.86. The Labute approximate surface area is 187 Å². The van der Waals surface area contributed by atoms with E-state index < -0.39 is 31.5 Å². The molecule has 3 N–H and O–H groups in total. The van der Waals surface area contributed by atoms with Gasteiger partial charge in [-0.1, -0.05) is 24.3 Å². The number of benzene rings is 3. The molecule has 0 saturated heterocycles. The number of nitrogens with zero attached hydrogens (tertiary/aromatic N) is 3. The van der Waals surface area contributed by atoms with E-state index in [2.05, 4.69) is 15.2 Å². The number of anilines is 2. The van der Waals surface area contributed by atoms with E-state index in [1.165, 1.54) is 36.5 Å². The monoisotopic (exact) mass is 465 g/mol. The number of sulfonamides is 1. The molecule has 3 rings (SSSR count). The Morgan fingerprint density at radius 3 is 2.42 bits per heavy atom. The van der Waals surface area contributed by atoms with Gasteiger partial charge in [0, 0.05) is 6.07 Å². The Bertz CT molecular complexity index is 1400. The molecular formula is C21H15N5O6S. The van der Waals surface area contributed by atoms with Crippen molar-refractivity contribution in [3.05, 3.63) is 93.5 Å². The standard InChI is InChI=1S/C21H15N5O6S/c22-12-14-5-7-15(8-6-14)13-23-24-19-10-9-16(11-20(19)26(29)30)33(31,32)25-18-4-2-1-3-17(18)21(27)28/h1-11,13,24-25H,(H,27,28)/b23-13-. The summed E-state index contributed by atoms with van der Waals surface area (Å²) in [5.41, 5.74) is 2.52. The number of hydrazone groups is 1. The summed E-state index contributed by atoms with van der Waals surface area (Å²) in [6.07, 6.45) is 1.37. The van der Waals surface area contributed by atoms with Crippen LogP contribution in [0.1, 0.15) is 21.5 Å². The molecule has 11 nitrogen and oxygen atoms in total. The first-order chi connectivity index (χ1) is 15.7. The highest BCUT2D eigenvalue weighted by atomic mass is 32.2. The van der Waals surface area contributed by atoms with Crippen molar-refractivity contribution in [1.29, 1.82) is 5.26 Å². The minimum atomic E-state index is -4.32. The number of rotatable bonds is 8. The number of carboxylic acids is 1. The predicted octanol–water partition coefficient (Wildman–Crippen LogP) is 3.41. The van der Waals surface area contributed by atoms with Gasteiger partial charge in [-0.15, -0.1) is 0 Å². The van der Waals surface area contributed by atoms with Crippen LogP contribution in [-0.4, -0.2) is 30.6 Å². The van der Waals surface area contributed by atoms with Crippen LogP contribution in [-0.2, 0) is 10.0 Å². The van der Waals surface area contributed by atoms with Crippen molar-refractivity contribution in [1.82, 2.24) is 0 Å². The van der Waals surface area contributed by atoms with Crippen molar-refractivity contribution in [2.75, 3.05) is 10.1 Å². The summed E-state index contributed by atoms with van der Waals surface area (Å²) in [5, 5.41) is 33.4. The van der Waals surface area contributed by atoms with E-state index >= 15 is 0 Å². The molecule has 12 heteroatoms. The molecule has 3 aromatic rings. The predicted molar refractivity (Wildman–Crippen MR) is 120 cm³/mol. The first-order valence-electron chi connectivity index (χ1n) is 9.14. The van der Waals surface area contributed by atoms with E-state index in [9.17, 15) is 28.4 Å². The van der Waals surface area contributed by atoms with E-state index in [1.807, 2.05) is 6.07 Å². The van der Waals surface area contributed by atoms with E-state index in [0.29, 0.717) is 11.1 Å². The lowest BCUT2D eigenvalue weighted by Crippen LogP contribution is -2.16. The summed E-state index contributed by atoms with van der Waals surface area (Å²) >= 11 is 0. The van der Waals surface area contributed by atoms with Gasteiger partial charge >= 0.3 is 5.97 Å². The minimum Gasteiger partial charge on any atom is -0.478 e. The van der Waals surface area contributed by atoms with Crippen molar-refractivity contribution in [2.24, 2.45) is 5.10 Å². The van der Waals surface area contributed by atoms with Gasteiger partial charge in [0.15, 0.2) is 0 Å². The summed E-state index contributed by atoms with van der Waals surface area (Å²) in [4.78, 5) is 21.6. The van der Waals surface area contributed by atoms with Gasteiger partial charge in [-0.25, -0.2) is 13.2 Å². The van der Waals surface area contributed by atoms with Crippen LogP contribution in [0.3, 0.4) is 0 Å². The Hall–Kier alpha value is -4.76. The first kappa shape index (κ1) is 22.9. The maximum atomic E-state index is 12.7. The molecule has 0 heterocycles. The molecule has 0 radical (unpaired) electrons. The molecule has 0 saturated carbocycles. The lowest BCUT2D eigenvalue weighted by molar-refractivity contribution is -0.384. The molecular weight excluding hydrogens is 450 g/mol. The number of hydrogen-bond acceptors (Lipinski definition) is 8. The van der Waals surface area contributed by atoms with Gasteiger partial charge in [0.1, 0.15) is 5.69 Å². The minimum absolute atomic E-state index is 0.0604. The normalized spacial score (nSPS) is 11.0. The van der Waals surface area contributed by atoms with Gasteiger partial charge in [-0.2, -0.15) is 10.4 Å². The van der Waals surface area contributed by atoms with Crippen LogP contribution < -0.4 is 10.1 Å². The lowest BCUT2D eigenvalue weighted by atomic mass is 10.2. The maximum Gasteiger partial charge on any atom is 0.337 e. The Morgan fingerprint density at radius 2 is 1.79 bits per heavy atom. The van der Waals surface area contributed by atoms with Gasteiger partial charge in [0.2, 0.25) is 0 Å². The fourth-order valence-electron chi connectivity index (χ4n) is 2.71. The molecule has 166 valence electrons. The number of nitriles is 1. The van der Waals surface area contributed by atoms with Crippen molar-refractivity contribution in [2.45, 2.75) is 4.90 Å². The summed E-state index contributed by atoms with van der Waals surface area (Å²) in [6, 6.07) is 16.9. The number of aromatic carboxylic acids is 1. The quantitative estimate of drug-likeness (QED) is 0.257. The molecule has 0 unspecified atom stereocenters. The van der Waals surface area contributed by atoms with Crippen LogP contribution in [0.25, 0.3) is 0 Å². The number of nitro groups is 1. The molecule has 0 amide bonds. The SMILES string of the molecule is N#Cc1ccc(/C=N\Nc2ccc(S(=O)(=O)Nc3ccccc3C(=O)O)cc2[N+](=O)[O-])cc1. The highest BCUT2D eigenvalue weighted by Crippen LogP contribution is 2.29. The first-order valence-corrected chi connectivity index (χ1v) is 10.6. The van der Waals surface area contributed by atoms with E-state index in [1.54, 1.807) is 24.3 Å². The topological polar surface area (TPSA) is 175 Å². The van der Waals surface area contributed by atoms with Crippen LogP contribution in [0, 0.1) is 21.4 Å². The van der Waals surface area contributed by atoms with Crippen molar-refractivity contribution in [3.8, 4) is 6.07 Å². The van der Waals surface area contributed by atoms with E-state index in [0.717, 1.165) is 12.1 Å². The summed E-state index contributed by atoms with van der Waals surface area (Å²) in [6.45, 7) is 0. The number of hydrogen-bond donors (Lipinski definition) is 3. The molecule has 0 aliphatic heterocycles. The smallest absolute Gasteiger partial charge is 0.337 e. The molecule has 0 aromatic heterocycles. The molecule has 33 heavy (non-hydrogen) atoms. The Morgan fingerprint density at radius 1 is 1.09 bits per heavy atom. The Kier molecular flexibility index (Phi) is 6.65. The van der Waals surface area contributed by atoms with Gasteiger partial charge in [-0.05, 0) is 42.0 Å². The second kappa shape index (κ2) is 9.58. The summed E-state index contributed by atoms with van der Waals surface area (Å²) in [5.74, 6) is -1.33. The number of nitro benzene ring substituents is 1. The molecule has 0 aliphatic carbocycles. The number of para-hydroxylation sites is 1. The van der Waals surface area contributed by atoms with Crippen LogP contribution in [0.15, 0.2) is 76.7 Å².